The number of rotatable bonds is 2. The van der Waals surface area contributed by atoms with Crippen LogP contribution < -0.4 is 17.0 Å². The van der Waals surface area contributed by atoms with Crippen LogP contribution in [0.5, 0.6) is 0 Å². The van der Waals surface area contributed by atoms with Crippen LogP contribution in [0.1, 0.15) is 0 Å². The first-order chi connectivity index (χ1) is 8.42. The summed E-state index contributed by atoms with van der Waals surface area (Å²) in [4.78, 5) is 0. The minimum absolute atomic E-state index is 0. The molecule has 90 valence electrons. The van der Waals surface area contributed by atoms with E-state index in [0.29, 0.717) is 4.59 Å². The number of nitrogens with zero attached hydrogens (tertiary/aromatic N) is 2. The molecule has 3 rings (SSSR count). The molecule has 0 saturated heterocycles. The second kappa shape index (κ2) is 5.17. The van der Waals surface area contributed by atoms with Gasteiger partial charge >= 0.3 is 0 Å². The summed E-state index contributed by atoms with van der Waals surface area (Å²) in [5, 5.41) is 4.61. The summed E-state index contributed by atoms with van der Waals surface area (Å²) in [5.41, 5.74) is 2.28. The lowest BCUT2D eigenvalue weighted by atomic mass is 10.2. The molecule has 0 N–H and O–H groups in total. The van der Waals surface area contributed by atoms with Crippen molar-refractivity contribution in [3.05, 3.63) is 72.9 Å². The van der Waals surface area contributed by atoms with Crippen molar-refractivity contribution in [3.8, 4) is 0 Å². The highest BCUT2D eigenvalue weighted by molar-refractivity contribution is 5.78. The molecule has 0 aliphatic carbocycles. The molecule has 0 amide bonds. The number of para-hydroxylation sites is 2. The topological polar surface area (TPSA) is 12.4 Å². The van der Waals surface area contributed by atoms with Crippen molar-refractivity contribution >= 4 is 17.6 Å². The average Bonchev–Trinajstić information content (AvgIpc) is 2.91. The van der Waals surface area contributed by atoms with E-state index in [0.717, 1.165) is 11.4 Å². The number of halogens is 1. The van der Waals surface area contributed by atoms with Gasteiger partial charge in [0, 0.05) is 30.3 Å². The molecule has 0 unspecified atom stereocenters. The van der Waals surface area contributed by atoms with Gasteiger partial charge in [-0.2, -0.15) is 0 Å². The Balaban J connectivity index is 0.00000120. The predicted octanol–water partition coefficient (Wildman–Crippen LogP) is 0.843. The number of benzene rings is 2. The van der Waals surface area contributed by atoms with Crippen molar-refractivity contribution in [1.82, 2.24) is 4.59 Å². The summed E-state index contributed by atoms with van der Waals surface area (Å²) < 4.78 is 0.418. The fourth-order valence-electron chi connectivity index (χ4n) is 2.11. The molecule has 18 heavy (non-hydrogen) atoms. The van der Waals surface area contributed by atoms with Gasteiger partial charge in [0.2, 0.25) is 0 Å². The van der Waals surface area contributed by atoms with Gasteiger partial charge in [-0.3, -0.25) is 0 Å². The van der Waals surface area contributed by atoms with Crippen LogP contribution in [-0.4, -0.2) is 6.21 Å². The molecule has 3 heteroatoms. The van der Waals surface area contributed by atoms with E-state index in [1.54, 1.807) is 0 Å². The van der Waals surface area contributed by atoms with Crippen molar-refractivity contribution in [2.24, 2.45) is 5.10 Å². The molecule has 0 bridgehead atoms. The van der Waals surface area contributed by atoms with E-state index < -0.39 is 0 Å². The SMILES string of the molecule is C1=C[N+](c2ccccc2)(c2ccccc2)N=C1.[Cl-]. The maximum atomic E-state index is 4.61. The van der Waals surface area contributed by atoms with Crippen molar-refractivity contribution in [2.75, 3.05) is 0 Å². The Morgan fingerprint density at radius 1 is 0.722 bits per heavy atom. The smallest absolute Gasteiger partial charge is 0.169 e. The minimum atomic E-state index is 0. The van der Waals surface area contributed by atoms with E-state index in [4.69, 9.17) is 0 Å². The Morgan fingerprint density at radius 2 is 1.22 bits per heavy atom. The normalized spacial score (nSPS) is 15.3. The highest BCUT2D eigenvalue weighted by Crippen LogP contribution is 2.37. The Morgan fingerprint density at radius 3 is 1.61 bits per heavy atom. The lowest BCUT2D eigenvalue weighted by molar-refractivity contribution is -0.00000329. The number of allylic oxidation sites excluding steroid dienone is 1. The summed E-state index contributed by atoms with van der Waals surface area (Å²) in [6.45, 7) is 0. The van der Waals surface area contributed by atoms with E-state index in [1.807, 2.05) is 48.7 Å². The van der Waals surface area contributed by atoms with Crippen LogP contribution in [0.4, 0.5) is 11.4 Å². The Bertz CT molecular complexity index is 508. The Labute approximate surface area is 113 Å². The molecule has 0 fully saturated rings. The molecule has 2 nitrogen and oxygen atoms in total. The first kappa shape index (κ1) is 12.6. The maximum Gasteiger partial charge on any atom is 0.169 e. The zero-order valence-electron chi connectivity index (χ0n) is 9.78. The third-order valence-electron chi connectivity index (χ3n) is 2.94. The van der Waals surface area contributed by atoms with Gasteiger partial charge in [0.25, 0.3) is 0 Å². The average molecular weight is 257 g/mol. The molecular formula is C15H13ClN2. The molecule has 0 aromatic heterocycles. The van der Waals surface area contributed by atoms with E-state index in [9.17, 15) is 0 Å². The fraction of sp³-hybridized carbons (Fsp3) is 0. The second-order valence-electron chi connectivity index (χ2n) is 3.96. The van der Waals surface area contributed by atoms with Crippen LogP contribution in [0.15, 0.2) is 78.0 Å². The summed E-state index contributed by atoms with van der Waals surface area (Å²) >= 11 is 0. The molecule has 0 atom stereocenters. The van der Waals surface area contributed by atoms with Crippen molar-refractivity contribution < 1.29 is 12.4 Å². The molecule has 1 heterocycles. The maximum absolute atomic E-state index is 4.61. The van der Waals surface area contributed by atoms with E-state index in [1.165, 1.54) is 0 Å². The van der Waals surface area contributed by atoms with Crippen molar-refractivity contribution in [2.45, 2.75) is 0 Å². The summed E-state index contributed by atoms with van der Waals surface area (Å²) in [6, 6.07) is 20.6. The van der Waals surface area contributed by atoms with Gasteiger partial charge in [0.05, 0.1) is 6.21 Å². The standard InChI is InChI=1S/C15H13N2.ClH/c1-3-8-14(9-4-1)17(13-7-12-16-17)15-10-5-2-6-11-15;/h1-13H;1H/q+1;/p-1. The first-order valence-electron chi connectivity index (χ1n) is 5.65. The van der Waals surface area contributed by atoms with Crippen LogP contribution in [-0.2, 0) is 0 Å². The molecule has 0 spiro atoms. The molecule has 2 aromatic rings. The van der Waals surface area contributed by atoms with Crippen molar-refractivity contribution in [1.29, 1.82) is 0 Å². The zero-order chi connectivity index (χ0) is 11.6. The van der Waals surface area contributed by atoms with E-state index in [-0.39, 0.29) is 12.4 Å². The van der Waals surface area contributed by atoms with E-state index in [2.05, 4.69) is 35.6 Å². The van der Waals surface area contributed by atoms with Gasteiger partial charge in [-0.05, 0) is 0 Å². The Kier molecular flexibility index (Phi) is 3.60. The molecule has 2 aromatic carbocycles. The summed E-state index contributed by atoms with van der Waals surface area (Å²) in [5.74, 6) is 0. The lowest BCUT2D eigenvalue weighted by Crippen LogP contribution is -3.00. The summed E-state index contributed by atoms with van der Waals surface area (Å²) in [7, 11) is 0. The number of quaternary nitrogens is 1. The van der Waals surface area contributed by atoms with Crippen LogP contribution >= 0.6 is 0 Å². The van der Waals surface area contributed by atoms with Crippen LogP contribution in [0.2, 0.25) is 0 Å². The lowest BCUT2D eigenvalue weighted by Gasteiger charge is -2.24. The highest BCUT2D eigenvalue weighted by atomic mass is 35.5. The third kappa shape index (κ3) is 1.96. The van der Waals surface area contributed by atoms with Crippen LogP contribution in [0, 0.1) is 0 Å². The van der Waals surface area contributed by atoms with Gasteiger partial charge in [-0.25, -0.2) is 0 Å². The van der Waals surface area contributed by atoms with Gasteiger partial charge in [-0.15, -0.1) is 4.59 Å². The molecule has 0 radical (unpaired) electrons. The second-order valence-corrected chi connectivity index (χ2v) is 3.96. The Hall–Kier alpha value is -1.90. The largest absolute Gasteiger partial charge is 1.00 e. The quantitative estimate of drug-likeness (QED) is 0.707. The van der Waals surface area contributed by atoms with Gasteiger partial charge in [0.1, 0.15) is 6.20 Å². The van der Waals surface area contributed by atoms with Crippen molar-refractivity contribution in [3.63, 3.8) is 0 Å². The molecular weight excluding hydrogens is 244 g/mol. The predicted molar refractivity (Wildman–Crippen MR) is 72.0 cm³/mol. The highest BCUT2D eigenvalue weighted by Gasteiger charge is 2.33. The summed E-state index contributed by atoms with van der Waals surface area (Å²) in [6.07, 6.45) is 5.92. The van der Waals surface area contributed by atoms with Crippen LogP contribution in [0.25, 0.3) is 0 Å². The minimum Gasteiger partial charge on any atom is -1.00 e. The molecule has 1 aliphatic heterocycles. The van der Waals surface area contributed by atoms with E-state index >= 15 is 0 Å². The van der Waals surface area contributed by atoms with Gasteiger partial charge in [0.15, 0.2) is 11.4 Å². The van der Waals surface area contributed by atoms with Crippen LogP contribution in [0.3, 0.4) is 0 Å². The molecule has 0 saturated carbocycles. The van der Waals surface area contributed by atoms with Gasteiger partial charge in [-0.1, -0.05) is 41.5 Å². The van der Waals surface area contributed by atoms with Gasteiger partial charge < -0.3 is 12.4 Å². The first-order valence-corrected chi connectivity index (χ1v) is 5.65. The third-order valence-corrected chi connectivity index (χ3v) is 2.94. The fourth-order valence-corrected chi connectivity index (χ4v) is 2.11. The monoisotopic (exact) mass is 256 g/mol. The number of hydrogen-bond donors (Lipinski definition) is 0. The number of hydrogen-bond acceptors (Lipinski definition) is 1. The zero-order valence-corrected chi connectivity index (χ0v) is 10.5. The molecule has 1 aliphatic rings.